The van der Waals surface area contributed by atoms with Crippen LogP contribution in [0.2, 0.25) is 0 Å². The van der Waals surface area contributed by atoms with Gasteiger partial charge in [0.2, 0.25) is 0 Å². The zero-order chi connectivity index (χ0) is 21.5. The molecule has 0 saturated carbocycles. The van der Waals surface area contributed by atoms with Crippen molar-refractivity contribution in [1.29, 1.82) is 0 Å². The highest BCUT2D eigenvalue weighted by molar-refractivity contribution is 6.04. The summed E-state index contributed by atoms with van der Waals surface area (Å²) in [6, 6.07) is 14.1. The lowest BCUT2D eigenvalue weighted by Gasteiger charge is -2.12. The Hall–Kier alpha value is -3.87. The molecule has 0 aliphatic rings. The van der Waals surface area contributed by atoms with Gasteiger partial charge in [0.05, 0.1) is 41.1 Å². The third-order valence-corrected chi connectivity index (χ3v) is 5.69. The number of nitrogens with zero attached hydrogens (tertiary/aromatic N) is 3. The fourth-order valence-corrected chi connectivity index (χ4v) is 4.20. The summed E-state index contributed by atoms with van der Waals surface area (Å²) in [5.41, 5.74) is 5.90. The van der Waals surface area contributed by atoms with Gasteiger partial charge in [-0.1, -0.05) is 35.5 Å². The predicted molar refractivity (Wildman–Crippen MR) is 120 cm³/mol. The Kier molecular flexibility index (Phi) is 4.58. The van der Waals surface area contributed by atoms with Crippen molar-refractivity contribution in [1.82, 2.24) is 19.7 Å². The lowest BCUT2D eigenvalue weighted by atomic mass is 10.0. The molecule has 1 N–H and O–H groups in total. The van der Waals surface area contributed by atoms with E-state index in [0.717, 1.165) is 45.4 Å². The maximum absolute atomic E-state index is 12.7. The van der Waals surface area contributed by atoms with Crippen molar-refractivity contribution in [2.75, 3.05) is 7.11 Å². The minimum Gasteiger partial charge on any atom is -0.496 e. The molecule has 3 aromatic heterocycles. The zero-order valence-electron chi connectivity index (χ0n) is 17.6. The molecule has 0 amide bonds. The highest BCUT2D eigenvalue weighted by Gasteiger charge is 2.19. The SMILES string of the molecule is COc1cc2c(cc1-c1c(C)noc1C)ncc1[nH]c(=O)n(CCc3ccccc3)c12. The molecule has 0 saturated heterocycles. The summed E-state index contributed by atoms with van der Waals surface area (Å²) in [4.78, 5) is 20.3. The van der Waals surface area contributed by atoms with Crippen LogP contribution < -0.4 is 10.4 Å². The molecular formula is C24H22N4O3. The minimum atomic E-state index is -0.144. The maximum Gasteiger partial charge on any atom is 0.326 e. The number of methoxy groups -OCH3 is 1. The summed E-state index contributed by atoms with van der Waals surface area (Å²) in [5.74, 6) is 1.40. The number of pyridine rings is 1. The van der Waals surface area contributed by atoms with Gasteiger partial charge in [-0.3, -0.25) is 9.55 Å². The van der Waals surface area contributed by atoms with E-state index >= 15 is 0 Å². The summed E-state index contributed by atoms with van der Waals surface area (Å²) in [7, 11) is 1.63. The summed E-state index contributed by atoms with van der Waals surface area (Å²) >= 11 is 0. The summed E-state index contributed by atoms with van der Waals surface area (Å²) in [5, 5.41) is 4.92. The Balaban J connectivity index is 1.70. The molecule has 3 heterocycles. The second-order valence-electron chi connectivity index (χ2n) is 7.61. The van der Waals surface area contributed by atoms with Gasteiger partial charge in [-0.15, -0.1) is 0 Å². The summed E-state index contributed by atoms with van der Waals surface area (Å²) < 4.78 is 12.8. The van der Waals surface area contributed by atoms with Crippen molar-refractivity contribution in [3.63, 3.8) is 0 Å². The van der Waals surface area contributed by atoms with Gasteiger partial charge in [0, 0.05) is 17.5 Å². The van der Waals surface area contributed by atoms with Gasteiger partial charge >= 0.3 is 5.69 Å². The first kappa shape index (κ1) is 19.1. The normalized spacial score (nSPS) is 11.5. The van der Waals surface area contributed by atoms with Crippen LogP contribution in [-0.2, 0) is 13.0 Å². The second kappa shape index (κ2) is 7.43. The number of H-pyrrole nitrogens is 1. The van der Waals surface area contributed by atoms with Crippen molar-refractivity contribution >= 4 is 21.9 Å². The number of rotatable bonds is 5. The average molecular weight is 414 g/mol. The van der Waals surface area contributed by atoms with Crippen LogP contribution in [0.15, 0.2) is 58.0 Å². The lowest BCUT2D eigenvalue weighted by Crippen LogP contribution is -2.18. The Labute approximate surface area is 178 Å². The molecule has 5 rings (SSSR count). The van der Waals surface area contributed by atoms with Gasteiger partial charge in [-0.2, -0.15) is 0 Å². The smallest absolute Gasteiger partial charge is 0.326 e. The minimum absolute atomic E-state index is 0.144. The number of ether oxygens (including phenoxy) is 1. The average Bonchev–Trinajstić information content (AvgIpc) is 3.29. The van der Waals surface area contributed by atoms with Gasteiger partial charge in [-0.05, 0) is 38.0 Å². The van der Waals surface area contributed by atoms with E-state index in [0.29, 0.717) is 17.8 Å². The van der Waals surface area contributed by atoms with Crippen LogP contribution in [0.4, 0.5) is 0 Å². The maximum atomic E-state index is 12.7. The van der Waals surface area contributed by atoms with Gasteiger partial charge in [0.15, 0.2) is 0 Å². The van der Waals surface area contributed by atoms with Crippen LogP contribution in [-0.4, -0.2) is 26.8 Å². The molecule has 31 heavy (non-hydrogen) atoms. The van der Waals surface area contributed by atoms with E-state index in [-0.39, 0.29) is 5.69 Å². The molecule has 0 aliphatic carbocycles. The molecule has 0 bridgehead atoms. The molecule has 0 fully saturated rings. The number of aryl methyl sites for hydroxylation is 4. The second-order valence-corrected chi connectivity index (χ2v) is 7.61. The first-order valence-electron chi connectivity index (χ1n) is 10.1. The van der Waals surface area contributed by atoms with E-state index in [4.69, 9.17) is 9.26 Å². The van der Waals surface area contributed by atoms with E-state index < -0.39 is 0 Å². The highest BCUT2D eigenvalue weighted by atomic mass is 16.5. The third-order valence-electron chi connectivity index (χ3n) is 5.69. The van der Waals surface area contributed by atoms with Crippen molar-refractivity contribution in [2.45, 2.75) is 26.8 Å². The first-order valence-corrected chi connectivity index (χ1v) is 10.1. The van der Waals surface area contributed by atoms with E-state index in [1.165, 1.54) is 5.56 Å². The summed E-state index contributed by atoms with van der Waals surface area (Å²) in [6.07, 6.45) is 2.47. The lowest BCUT2D eigenvalue weighted by molar-refractivity contribution is 0.393. The van der Waals surface area contributed by atoms with Crippen LogP contribution in [0.25, 0.3) is 33.1 Å². The number of fused-ring (bicyclic) bond motifs is 3. The zero-order valence-corrected chi connectivity index (χ0v) is 17.6. The molecular weight excluding hydrogens is 392 g/mol. The highest BCUT2D eigenvalue weighted by Crippen LogP contribution is 2.38. The van der Waals surface area contributed by atoms with Crippen molar-refractivity contribution < 1.29 is 9.26 Å². The standard InChI is InChI=1S/C24H22N4O3/c1-14-22(15(2)31-27-14)18-11-19-17(12-21(18)30-3)23-20(13-25-19)26-24(29)28(23)10-9-16-7-5-4-6-8-16/h4-8,11-13H,9-10H2,1-3H3,(H,26,29). The Bertz CT molecular complexity index is 1440. The Morgan fingerprint density at radius 3 is 2.68 bits per heavy atom. The van der Waals surface area contributed by atoms with Gasteiger partial charge < -0.3 is 14.2 Å². The quantitative estimate of drug-likeness (QED) is 0.461. The number of aromatic nitrogens is 4. The predicted octanol–water partition coefficient (Wildman–Crippen LogP) is 4.40. The van der Waals surface area contributed by atoms with Crippen molar-refractivity contribution in [3.8, 4) is 16.9 Å². The molecule has 2 aromatic carbocycles. The number of aromatic amines is 1. The molecule has 0 radical (unpaired) electrons. The number of hydrogen-bond donors (Lipinski definition) is 1. The van der Waals surface area contributed by atoms with E-state index in [9.17, 15) is 4.79 Å². The van der Waals surface area contributed by atoms with Gasteiger partial charge in [0.25, 0.3) is 0 Å². The van der Waals surface area contributed by atoms with Crippen LogP contribution in [0.3, 0.4) is 0 Å². The Morgan fingerprint density at radius 2 is 1.97 bits per heavy atom. The van der Waals surface area contributed by atoms with Crippen LogP contribution in [0.1, 0.15) is 17.0 Å². The third kappa shape index (κ3) is 3.18. The Morgan fingerprint density at radius 1 is 1.16 bits per heavy atom. The summed E-state index contributed by atoms with van der Waals surface area (Å²) in [6.45, 7) is 4.35. The topological polar surface area (TPSA) is 85.9 Å². The number of imidazole rings is 1. The van der Waals surface area contributed by atoms with Crippen LogP contribution in [0, 0.1) is 13.8 Å². The molecule has 5 aromatic rings. The van der Waals surface area contributed by atoms with E-state index in [1.807, 2.05) is 44.2 Å². The number of hydrogen-bond acceptors (Lipinski definition) is 5. The van der Waals surface area contributed by atoms with Crippen molar-refractivity contribution in [3.05, 3.63) is 76.2 Å². The van der Waals surface area contributed by atoms with Gasteiger partial charge in [-0.25, -0.2) is 4.79 Å². The number of nitrogens with one attached hydrogen (secondary N) is 1. The molecule has 7 heteroatoms. The molecule has 0 atom stereocenters. The fraction of sp³-hybridized carbons (Fsp3) is 0.208. The molecule has 7 nitrogen and oxygen atoms in total. The monoisotopic (exact) mass is 414 g/mol. The van der Waals surface area contributed by atoms with Crippen molar-refractivity contribution in [2.24, 2.45) is 0 Å². The fourth-order valence-electron chi connectivity index (χ4n) is 4.20. The molecule has 0 spiro atoms. The first-order chi connectivity index (χ1) is 15.1. The largest absolute Gasteiger partial charge is 0.496 e. The molecule has 0 aliphatic heterocycles. The molecule has 156 valence electrons. The van der Waals surface area contributed by atoms with Crippen LogP contribution >= 0.6 is 0 Å². The van der Waals surface area contributed by atoms with Gasteiger partial charge in [0.1, 0.15) is 11.5 Å². The molecule has 0 unspecified atom stereocenters. The van der Waals surface area contributed by atoms with E-state index in [1.54, 1.807) is 17.9 Å². The van der Waals surface area contributed by atoms with Crippen LogP contribution in [0.5, 0.6) is 5.75 Å². The van der Waals surface area contributed by atoms with E-state index in [2.05, 4.69) is 27.3 Å². The number of benzene rings is 2.